The van der Waals surface area contributed by atoms with Crippen LogP contribution in [0.4, 0.5) is 0 Å². The van der Waals surface area contributed by atoms with Crippen molar-refractivity contribution in [2.45, 2.75) is 57.3 Å². The molecular weight excluding hydrogens is 476 g/mol. The number of aliphatic carboxylic acids is 1. The fourth-order valence-electron chi connectivity index (χ4n) is 3.14. The average molecular weight is 513 g/mol. The number of hydrogen-bond donors (Lipinski definition) is 7. The molecule has 0 aliphatic carbocycles. The van der Waals surface area contributed by atoms with E-state index < -0.39 is 54.5 Å². The van der Waals surface area contributed by atoms with E-state index in [2.05, 4.69) is 16.0 Å². The molecule has 8 N–H and O–H groups in total. The lowest BCUT2D eigenvalue weighted by atomic mass is 9.99. The molecule has 0 aliphatic heterocycles. The first kappa shape index (κ1) is 30.2. The molecule has 1 rings (SSSR count). The van der Waals surface area contributed by atoms with Gasteiger partial charge in [-0.25, -0.2) is 4.79 Å². The van der Waals surface area contributed by atoms with E-state index >= 15 is 0 Å². The molecule has 0 aromatic heterocycles. The molecule has 11 nitrogen and oxygen atoms in total. The number of rotatable bonds is 15. The Labute approximate surface area is 209 Å². The minimum absolute atomic E-state index is 0.0253. The summed E-state index contributed by atoms with van der Waals surface area (Å²) in [7, 11) is 0. The van der Waals surface area contributed by atoms with Crippen molar-refractivity contribution in [2.75, 3.05) is 18.6 Å². The monoisotopic (exact) mass is 512 g/mol. The number of phenolic OH excluding ortho intramolecular Hbond substituents is 1. The van der Waals surface area contributed by atoms with Crippen molar-refractivity contribution in [3.63, 3.8) is 0 Å². The van der Waals surface area contributed by atoms with Crippen LogP contribution in [-0.2, 0) is 25.6 Å². The van der Waals surface area contributed by atoms with Crippen molar-refractivity contribution in [3.8, 4) is 5.75 Å². The molecule has 0 heterocycles. The summed E-state index contributed by atoms with van der Waals surface area (Å²) in [6.07, 6.45) is 2.79. The molecule has 0 saturated carbocycles. The van der Waals surface area contributed by atoms with Crippen LogP contribution in [-0.4, -0.2) is 81.8 Å². The summed E-state index contributed by atoms with van der Waals surface area (Å²) in [6, 6.07) is 1.41. The summed E-state index contributed by atoms with van der Waals surface area (Å²) in [5, 5.41) is 35.9. The van der Waals surface area contributed by atoms with Crippen LogP contribution in [0, 0.1) is 5.92 Å². The van der Waals surface area contributed by atoms with Crippen molar-refractivity contribution in [1.29, 1.82) is 0 Å². The smallest absolute Gasteiger partial charge is 0.326 e. The number of carbonyl (C=O) groups excluding carboxylic acids is 3. The summed E-state index contributed by atoms with van der Waals surface area (Å²) in [5.74, 6) is -3.09. The molecule has 1 aromatic rings. The average Bonchev–Trinajstić information content (AvgIpc) is 2.83. The second kappa shape index (κ2) is 15.2. The van der Waals surface area contributed by atoms with Gasteiger partial charge in [-0.3, -0.25) is 14.4 Å². The highest BCUT2D eigenvalue weighted by Gasteiger charge is 2.31. The number of carboxylic acid groups (broad SMARTS) is 1. The molecule has 0 bridgehead atoms. The highest BCUT2D eigenvalue weighted by atomic mass is 32.2. The van der Waals surface area contributed by atoms with E-state index in [-0.39, 0.29) is 18.1 Å². The molecule has 3 amide bonds. The molecule has 0 aliphatic rings. The number of thioether (sulfide) groups is 1. The maximum absolute atomic E-state index is 13.0. The maximum atomic E-state index is 13.0. The van der Waals surface area contributed by atoms with Crippen LogP contribution >= 0.6 is 11.8 Å². The predicted molar refractivity (Wildman–Crippen MR) is 133 cm³/mol. The van der Waals surface area contributed by atoms with Crippen LogP contribution in [0.15, 0.2) is 24.3 Å². The summed E-state index contributed by atoms with van der Waals surface area (Å²) < 4.78 is 0. The van der Waals surface area contributed by atoms with E-state index in [1.807, 2.05) is 6.26 Å². The van der Waals surface area contributed by atoms with Crippen LogP contribution in [0.25, 0.3) is 0 Å². The first-order chi connectivity index (χ1) is 16.5. The van der Waals surface area contributed by atoms with E-state index in [4.69, 9.17) is 5.73 Å². The molecule has 1 aromatic carbocycles. The van der Waals surface area contributed by atoms with Gasteiger partial charge in [0.2, 0.25) is 17.7 Å². The van der Waals surface area contributed by atoms with Gasteiger partial charge in [0.1, 0.15) is 23.9 Å². The molecule has 0 fully saturated rings. The Morgan fingerprint density at radius 2 is 1.57 bits per heavy atom. The van der Waals surface area contributed by atoms with Gasteiger partial charge in [0.15, 0.2) is 0 Å². The number of aliphatic hydroxyl groups excluding tert-OH is 1. The number of nitrogens with two attached hydrogens (primary N) is 1. The van der Waals surface area contributed by atoms with Crippen LogP contribution in [0.2, 0.25) is 0 Å². The number of amides is 3. The second-order valence-corrected chi connectivity index (χ2v) is 9.26. The Hall–Kier alpha value is -2.83. The second-order valence-electron chi connectivity index (χ2n) is 8.27. The molecule has 5 atom stereocenters. The Bertz CT molecular complexity index is 853. The summed E-state index contributed by atoms with van der Waals surface area (Å²) >= 11 is 1.52. The lowest BCUT2D eigenvalue weighted by molar-refractivity contribution is -0.144. The number of carbonyl (C=O) groups is 4. The van der Waals surface area contributed by atoms with Crippen LogP contribution in [0.5, 0.6) is 5.75 Å². The van der Waals surface area contributed by atoms with Gasteiger partial charge in [-0.2, -0.15) is 11.8 Å². The van der Waals surface area contributed by atoms with E-state index in [0.717, 1.165) is 0 Å². The Morgan fingerprint density at radius 1 is 1.00 bits per heavy atom. The number of aromatic hydroxyl groups is 1. The summed E-state index contributed by atoms with van der Waals surface area (Å²) in [6.45, 7) is 2.66. The quantitative estimate of drug-likeness (QED) is 0.164. The molecule has 12 heteroatoms. The van der Waals surface area contributed by atoms with Gasteiger partial charge >= 0.3 is 5.97 Å². The van der Waals surface area contributed by atoms with Gasteiger partial charge < -0.3 is 37.0 Å². The van der Waals surface area contributed by atoms with E-state index in [1.165, 1.54) is 23.9 Å². The van der Waals surface area contributed by atoms with Gasteiger partial charge in [0.25, 0.3) is 0 Å². The Balaban J connectivity index is 3.01. The van der Waals surface area contributed by atoms with E-state index in [9.17, 15) is 34.5 Å². The third-order valence-electron chi connectivity index (χ3n) is 5.57. The third kappa shape index (κ3) is 10.1. The fraction of sp³-hybridized carbons (Fsp3) is 0.565. The Kier molecular flexibility index (Phi) is 13.1. The molecule has 0 saturated heterocycles. The zero-order chi connectivity index (χ0) is 26.5. The number of benzene rings is 1. The van der Waals surface area contributed by atoms with Crippen molar-refractivity contribution >= 4 is 35.5 Å². The fourth-order valence-corrected chi connectivity index (χ4v) is 3.62. The molecule has 196 valence electrons. The zero-order valence-corrected chi connectivity index (χ0v) is 21.0. The molecule has 35 heavy (non-hydrogen) atoms. The van der Waals surface area contributed by atoms with Crippen molar-refractivity contribution < 1.29 is 34.5 Å². The lowest BCUT2D eigenvalue weighted by Gasteiger charge is -2.26. The van der Waals surface area contributed by atoms with Crippen molar-refractivity contribution in [3.05, 3.63) is 29.8 Å². The predicted octanol–water partition coefficient (Wildman–Crippen LogP) is -0.407. The van der Waals surface area contributed by atoms with Crippen LogP contribution < -0.4 is 21.7 Å². The number of hydrogen-bond acceptors (Lipinski definition) is 8. The van der Waals surface area contributed by atoms with E-state index in [0.29, 0.717) is 24.2 Å². The Morgan fingerprint density at radius 3 is 2.09 bits per heavy atom. The number of aliphatic hydroxyl groups is 1. The van der Waals surface area contributed by atoms with Crippen molar-refractivity contribution in [1.82, 2.24) is 16.0 Å². The number of carboxylic acids is 1. The van der Waals surface area contributed by atoms with Gasteiger partial charge in [0.05, 0.1) is 12.6 Å². The SMILES string of the molecule is CCC(C)C(NC(=O)C(CO)NC(=O)C(Cc1ccc(O)cc1)NC(=O)C(N)CCSC)C(=O)O. The first-order valence-electron chi connectivity index (χ1n) is 11.3. The molecule has 0 spiro atoms. The highest BCUT2D eigenvalue weighted by molar-refractivity contribution is 7.98. The van der Waals surface area contributed by atoms with Crippen LogP contribution in [0.3, 0.4) is 0 Å². The molecule has 0 radical (unpaired) electrons. The third-order valence-corrected chi connectivity index (χ3v) is 6.22. The van der Waals surface area contributed by atoms with Crippen molar-refractivity contribution in [2.24, 2.45) is 11.7 Å². The normalized spacial score (nSPS) is 15.2. The minimum atomic E-state index is -1.43. The number of nitrogens with one attached hydrogen (secondary N) is 3. The topological polar surface area (TPSA) is 191 Å². The van der Waals surface area contributed by atoms with E-state index in [1.54, 1.807) is 26.0 Å². The largest absolute Gasteiger partial charge is 0.508 e. The summed E-state index contributed by atoms with van der Waals surface area (Å²) in [4.78, 5) is 49.8. The lowest BCUT2D eigenvalue weighted by Crippen LogP contribution is -2.59. The van der Waals surface area contributed by atoms with Gasteiger partial charge in [-0.15, -0.1) is 0 Å². The maximum Gasteiger partial charge on any atom is 0.326 e. The highest BCUT2D eigenvalue weighted by Crippen LogP contribution is 2.12. The van der Waals surface area contributed by atoms with Crippen LogP contribution in [0.1, 0.15) is 32.3 Å². The molecule has 5 unspecified atom stereocenters. The first-order valence-corrected chi connectivity index (χ1v) is 12.7. The van der Waals surface area contributed by atoms with Gasteiger partial charge in [0, 0.05) is 6.42 Å². The molecular formula is C23H36N4O7S. The summed E-state index contributed by atoms with van der Waals surface area (Å²) in [5.41, 5.74) is 6.53. The zero-order valence-electron chi connectivity index (χ0n) is 20.2. The number of phenols is 1. The minimum Gasteiger partial charge on any atom is -0.508 e. The van der Waals surface area contributed by atoms with Gasteiger partial charge in [-0.1, -0.05) is 32.4 Å². The standard InChI is InChI=1S/C23H36N4O7S/c1-4-13(2)19(23(33)34)27-22(32)18(12-28)26-21(31)17(11-14-5-7-15(29)8-6-14)25-20(30)16(24)9-10-35-3/h5-8,13,16-19,28-29H,4,9-12,24H2,1-3H3,(H,25,30)(H,26,31)(H,27,32)(H,33,34). The van der Waals surface area contributed by atoms with Gasteiger partial charge in [-0.05, 0) is 42.0 Å².